The van der Waals surface area contributed by atoms with Crippen molar-refractivity contribution in [2.75, 3.05) is 0 Å². The lowest BCUT2D eigenvalue weighted by molar-refractivity contribution is -0.776. The predicted molar refractivity (Wildman–Crippen MR) is 147 cm³/mol. The molecule has 0 unspecified atom stereocenters. The van der Waals surface area contributed by atoms with Crippen molar-refractivity contribution in [1.29, 1.82) is 0 Å². The number of rotatable bonds is 10. The molecule has 5 aromatic rings. The molecule has 8 nitrogen and oxygen atoms in total. The highest BCUT2D eigenvalue weighted by Crippen LogP contribution is 2.24. The van der Waals surface area contributed by atoms with Gasteiger partial charge in [0.1, 0.15) is 19.1 Å². The molecule has 5 rings (SSSR count). The maximum absolute atomic E-state index is 13.1. The van der Waals surface area contributed by atoms with E-state index in [0.717, 1.165) is 41.0 Å². The monoisotopic (exact) mass is 508 g/mol. The van der Waals surface area contributed by atoms with E-state index in [-0.39, 0.29) is 5.91 Å². The maximum atomic E-state index is 13.1. The van der Waals surface area contributed by atoms with E-state index in [4.69, 9.17) is 10.7 Å². The van der Waals surface area contributed by atoms with E-state index in [9.17, 15) is 4.79 Å². The van der Waals surface area contributed by atoms with Crippen LogP contribution in [0.15, 0.2) is 91.5 Å². The van der Waals surface area contributed by atoms with Gasteiger partial charge >= 0.3 is 6.33 Å². The van der Waals surface area contributed by atoms with Crippen LogP contribution in [-0.4, -0.2) is 31.1 Å². The Morgan fingerprint density at radius 3 is 2.58 bits per heavy atom. The molecule has 0 bridgehead atoms. The van der Waals surface area contributed by atoms with Crippen molar-refractivity contribution in [2.45, 2.75) is 51.4 Å². The number of aromatic amines is 1. The molecule has 1 atom stereocenters. The molecule has 3 aromatic heterocycles. The Labute approximate surface area is 222 Å². The number of nitrogens with two attached hydrogens (primary N) is 1. The lowest BCUT2D eigenvalue weighted by Gasteiger charge is -2.23. The molecule has 0 saturated carbocycles. The number of amides is 1. The van der Waals surface area contributed by atoms with Crippen LogP contribution in [0.4, 0.5) is 0 Å². The second-order valence-corrected chi connectivity index (χ2v) is 10.2. The maximum Gasteiger partial charge on any atom is 0.307 e. The molecule has 4 N–H and O–H groups in total. The number of pyridine rings is 1. The fourth-order valence-corrected chi connectivity index (χ4v) is 4.61. The third kappa shape index (κ3) is 5.81. The van der Waals surface area contributed by atoms with E-state index >= 15 is 0 Å². The number of hydrogen-bond acceptors (Lipinski definition) is 4. The van der Waals surface area contributed by atoms with Crippen LogP contribution in [-0.2, 0) is 30.7 Å². The SMILES string of the molecule is CC(C)(N)C(=O)N[C@H](Cc1c[nH]c2ccccc12)c1nc[n+](CCc2ccccc2)n1Cc1ccccn1. The van der Waals surface area contributed by atoms with Gasteiger partial charge < -0.3 is 16.0 Å². The standard InChI is InChI=1S/C30H33N7O/c1-30(2,31)29(38)35-27(18-23-19-33-26-14-7-6-13-25(23)26)28-34-21-36(17-15-22-10-4-3-5-11-22)37(28)20-24-12-8-9-16-32-24/h3-14,16,19,21,27,33H,15,17-18,20,31H2,1-2H3/p+1/t27-/m1/s1. The fourth-order valence-electron chi connectivity index (χ4n) is 4.61. The van der Waals surface area contributed by atoms with Gasteiger partial charge in [-0.2, -0.15) is 9.36 Å². The van der Waals surface area contributed by atoms with Crippen molar-refractivity contribution in [2.24, 2.45) is 5.73 Å². The van der Waals surface area contributed by atoms with Crippen molar-refractivity contribution in [3.8, 4) is 0 Å². The lowest BCUT2D eigenvalue weighted by Crippen LogP contribution is -2.51. The first-order valence-electron chi connectivity index (χ1n) is 12.9. The molecule has 0 fully saturated rings. The molecule has 38 heavy (non-hydrogen) atoms. The fraction of sp³-hybridized carbons (Fsp3) is 0.267. The number of carbonyl (C=O) groups is 1. The molecule has 8 heteroatoms. The van der Waals surface area contributed by atoms with Gasteiger partial charge in [-0.1, -0.05) is 54.6 Å². The number of benzene rings is 2. The van der Waals surface area contributed by atoms with Gasteiger partial charge in [0, 0.05) is 36.1 Å². The summed E-state index contributed by atoms with van der Waals surface area (Å²) in [6.45, 7) is 4.69. The largest absolute Gasteiger partial charge is 0.361 e. The van der Waals surface area contributed by atoms with E-state index < -0.39 is 11.6 Å². The smallest absolute Gasteiger partial charge is 0.307 e. The summed E-state index contributed by atoms with van der Waals surface area (Å²) in [5.41, 5.74) is 9.48. The number of H-pyrrole nitrogens is 1. The molecular formula is C30H34N7O+. The minimum atomic E-state index is -1.03. The van der Waals surface area contributed by atoms with Crippen molar-refractivity contribution in [1.82, 2.24) is 25.0 Å². The third-order valence-corrected chi connectivity index (χ3v) is 6.71. The van der Waals surface area contributed by atoms with Gasteiger partial charge in [0.25, 0.3) is 5.82 Å². The van der Waals surface area contributed by atoms with E-state index in [1.165, 1.54) is 5.56 Å². The van der Waals surface area contributed by atoms with Crippen molar-refractivity contribution in [3.05, 3.63) is 114 Å². The predicted octanol–water partition coefficient (Wildman–Crippen LogP) is 3.48. The topological polar surface area (TPSA) is 105 Å². The van der Waals surface area contributed by atoms with E-state index in [1.54, 1.807) is 20.0 Å². The second-order valence-electron chi connectivity index (χ2n) is 10.2. The number of para-hydroxylation sites is 1. The molecule has 0 spiro atoms. The quantitative estimate of drug-likeness (QED) is 0.251. The van der Waals surface area contributed by atoms with Gasteiger partial charge in [0.05, 0.1) is 11.2 Å². The van der Waals surface area contributed by atoms with Gasteiger partial charge in [0.15, 0.2) is 0 Å². The lowest BCUT2D eigenvalue weighted by atomic mass is 10.0. The summed E-state index contributed by atoms with van der Waals surface area (Å²) in [5, 5.41) is 4.32. The summed E-state index contributed by atoms with van der Waals surface area (Å²) in [6.07, 6.45) is 7.07. The Kier molecular flexibility index (Phi) is 7.33. The van der Waals surface area contributed by atoms with Gasteiger partial charge in [-0.05, 0) is 48.2 Å². The van der Waals surface area contributed by atoms with Crippen molar-refractivity contribution >= 4 is 16.8 Å². The molecule has 194 valence electrons. The minimum absolute atomic E-state index is 0.231. The third-order valence-electron chi connectivity index (χ3n) is 6.71. The zero-order chi connectivity index (χ0) is 26.5. The number of aromatic nitrogens is 5. The molecule has 1 amide bonds. The first-order valence-corrected chi connectivity index (χ1v) is 12.9. The van der Waals surface area contributed by atoms with Gasteiger partial charge in [-0.3, -0.25) is 9.78 Å². The Morgan fingerprint density at radius 1 is 1.05 bits per heavy atom. The van der Waals surface area contributed by atoms with Gasteiger partial charge in [-0.15, -0.1) is 0 Å². The molecule has 0 saturated heterocycles. The summed E-state index contributed by atoms with van der Waals surface area (Å²) in [6, 6.07) is 24.1. The van der Waals surface area contributed by atoms with E-state index in [1.807, 2.05) is 48.9 Å². The highest BCUT2D eigenvalue weighted by atomic mass is 16.2. The Balaban J connectivity index is 1.53. The van der Waals surface area contributed by atoms with Gasteiger partial charge in [0.2, 0.25) is 5.91 Å². The Morgan fingerprint density at radius 2 is 1.82 bits per heavy atom. The number of nitrogens with one attached hydrogen (secondary N) is 2. The highest BCUT2D eigenvalue weighted by molar-refractivity contribution is 5.86. The zero-order valence-electron chi connectivity index (χ0n) is 21.8. The van der Waals surface area contributed by atoms with E-state index in [2.05, 4.69) is 61.0 Å². The molecule has 0 aliphatic carbocycles. The van der Waals surface area contributed by atoms with Crippen molar-refractivity contribution < 1.29 is 9.48 Å². The number of aryl methyl sites for hydroxylation is 2. The number of carbonyl (C=O) groups excluding carboxylic acids is 1. The summed E-state index contributed by atoms with van der Waals surface area (Å²) in [7, 11) is 0. The Hall–Kier alpha value is -4.30. The molecule has 0 aliphatic rings. The average Bonchev–Trinajstić information content (AvgIpc) is 3.51. The van der Waals surface area contributed by atoms with Crippen LogP contribution in [0, 0.1) is 0 Å². The number of hydrogen-bond donors (Lipinski definition) is 3. The summed E-state index contributed by atoms with van der Waals surface area (Å²) in [5.74, 6) is 0.525. The number of fused-ring (bicyclic) bond motifs is 1. The summed E-state index contributed by atoms with van der Waals surface area (Å²) >= 11 is 0. The second kappa shape index (κ2) is 11.0. The summed E-state index contributed by atoms with van der Waals surface area (Å²) in [4.78, 5) is 25.9. The highest BCUT2D eigenvalue weighted by Gasteiger charge is 2.32. The van der Waals surface area contributed by atoms with E-state index in [0.29, 0.717) is 13.0 Å². The summed E-state index contributed by atoms with van der Waals surface area (Å²) < 4.78 is 4.23. The van der Waals surface area contributed by atoms with Crippen LogP contribution in [0.25, 0.3) is 10.9 Å². The number of nitrogens with zero attached hydrogens (tertiary/aromatic N) is 4. The normalized spacial score (nSPS) is 12.5. The van der Waals surface area contributed by atoms with Crippen LogP contribution < -0.4 is 15.7 Å². The minimum Gasteiger partial charge on any atom is -0.361 e. The molecule has 2 aromatic carbocycles. The molecule has 0 aliphatic heterocycles. The zero-order valence-corrected chi connectivity index (χ0v) is 21.8. The first kappa shape index (κ1) is 25.4. The van der Waals surface area contributed by atoms with Crippen molar-refractivity contribution in [3.63, 3.8) is 0 Å². The molecule has 3 heterocycles. The molecular weight excluding hydrogens is 474 g/mol. The van der Waals surface area contributed by atoms with Gasteiger partial charge in [-0.25, -0.2) is 0 Å². The first-order chi connectivity index (χ1) is 18.4. The van der Waals surface area contributed by atoms with Crippen LogP contribution >= 0.6 is 0 Å². The van der Waals surface area contributed by atoms with Crippen LogP contribution in [0.3, 0.4) is 0 Å². The Bertz CT molecular complexity index is 1500. The van der Waals surface area contributed by atoms with Crippen LogP contribution in [0.2, 0.25) is 0 Å². The van der Waals surface area contributed by atoms with Crippen LogP contribution in [0.1, 0.15) is 42.5 Å². The molecule has 0 radical (unpaired) electrons. The average molecular weight is 509 g/mol. The van der Waals surface area contributed by atoms with Crippen LogP contribution in [0.5, 0.6) is 0 Å².